The Morgan fingerprint density at radius 3 is 2.60 bits per heavy atom. The Balaban J connectivity index is 2.08. The minimum atomic E-state index is -0.312. The van der Waals surface area contributed by atoms with Crippen LogP contribution in [0.2, 0.25) is 0 Å². The number of rotatable bonds is 7. The first kappa shape index (κ1) is 15.4. The number of hydrogen-bond donors (Lipinski definition) is 1. The molecule has 1 N–H and O–H groups in total. The number of likely N-dealkylation sites (N-methyl/N-ethyl adjacent to an activating group) is 1. The molecule has 1 aliphatic carbocycles. The zero-order valence-corrected chi connectivity index (χ0v) is 13.1. The van der Waals surface area contributed by atoms with Crippen LogP contribution >= 0.6 is 0 Å². The van der Waals surface area contributed by atoms with Crippen LogP contribution in [-0.4, -0.2) is 29.8 Å². The molecule has 0 bridgehead atoms. The van der Waals surface area contributed by atoms with E-state index in [1.54, 1.807) is 7.11 Å². The van der Waals surface area contributed by atoms with E-state index < -0.39 is 0 Å². The maximum atomic E-state index is 5.70. The van der Waals surface area contributed by atoms with Crippen molar-refractivity contribution in [3.63, 3.8) is 0 Å². The minimum absolute atomic E-state index is 0.312. The van der Waals surface area contributed by atoms with Crippen LogP contribution in [0.25, 0.3) is 0 Å². The Labute approximate surface area is 121 Å². The van der Waals surface area contributed by atoms with Crippen LogP contribution in [-0.2, 0) is 16.8 Å². The van der Waals surface area contributed by atoms with Crippen molar-refractivity contribution in [2.24, 2.45) is 5.92 Å². The SMILES string of the molecule is CCNC(Cc1nc(C2(OC)CCCC2)no1)C(C)C. The second-order valence-corrected chi connectivity index (χ2v) is 6.03. The summed E-state index contributed by atoms with van der Waals surface area (Å²) in [7, 11) is 1.75. The van der Waals surface area contributed by atoms with Gasteiger partial charge in [0.1, 0.15) is 5.60 Å². The zero-order chi connectivity index (χ0) is 14.6. The first-order valence-corrected chi connectivity index (χ1v) is 7.73. The number of methoxy groups -OCH3 is 1. The van der Waals surface area contributed by atoms with Crippen molar-refractivity contribution < 1.29 is 9.26 Å². The van der Waals surface area contributed by atoms with Gasteiger partial charge in [-0.25, -0.2) is 0 Å². The van der Waals surface area contributed by atoms with E-state index in [4.69, 9.17) is 9.26 Å². The Morgan fingerprint density at radius 1 is 1.35 bits per heavy atom. The molecule has 0 saturated heterocycles. The van der Waals surface area contributed by atoms with E-state index >= 15 is 0 Å². The highest BCUT2D eigenvalue weighted by Gasteiger charge is 2.40. The van der Waals surface area contributed by atoms with E-state index in [9.17, 15) is 0 Å². The summed E-state index contributed by atoms with van der Waals surface area (Å²) in [4.78, 5) is 4.60. The first-order chi connectivity index (χ1) is 9.61. The summed E-state index contributed by atoms with van der Waals surface area (Å²) in [6.07, 6.45) is 5.10. The van der Waals surface area contributed by atoms with Crippen molar-refractivity contribution in [1.29, 1.82) is 0 Å². The average molecular weight is 281 g/mol. The summed E-state index contributed by atoms with van der Waals surface area (Å²) in [5.41, 5.74) is -0.312. The number of hydrogen-bond acceptors (Lipinski definition) is 5. The van der Waals surface area contributed by atoms with Gasteiger partial charge in [0.15, 0.2) is 0 Å². The lowest BCUT2D eigenvalue weighted by molar-refractivity contribution is -0.0178. The van der Waals surface area contributed by atoms with E-state index in [2.05, 4.69) is 36.2 Å². The predicted molar refractivity (Wildman–Crippen MR) is 77.5 cm³/mol. The van der Waals surface area contributed by atoms with Crippen LogP contribution in [0.5, 0.6) is 0 Å². The minimum Gasteiger partial charge on any atom is -0.370 e. The normalized spacial score (nSPS) is 19.6. The van der Waals surface area contributed by atoms with Crippen LogP contribution in [0.1, 0.15) is 58.2 Å². The van der Waals surface area contributed by atoms with Gasteiger partial charge in [-0.15, -0.1) is 0 Å². The molecular weight excluding hydrogens is 254 g/mol. The molecule has 1 aliphatic rings. The van der Waals surface area contributed by atoms with Gasteiger partial charge in [-0.2, -0.15) is 4.98 Å². The van der Waals surface area contributed by atoms with Crippen LogP contribution in [0, 0.1) is 5.92 Å². The summed E-state index contributed by atoms with van der Waals surface area (Å²) in [5.74, 6) is 1.97. The molecule has 1 unspecified atom stereocenters. The number of nitrogens with zero attached hydrogens (tertiary/aromatic N) is 2. The summed E-state index contributed by atoms with van der Waals surface area (Å²) in [6.45, 7) is 7.48. The van der Waals surface area contributed by atoms with E-state index in [0.717, 1.165) is 31.6 Å². The molecule has 0 aromatic carbocycles. The van der Waals surface area contributed by atoms with Gasteiger partial charge in [-0.05, 0) is 38.1 Å². The second-order valence-electron chi connectivity index (χ2n) is 6.03. The molecule has 0 radical (unpaired) electrons. The van der Waals surface area contributed by atoms with E-state index in [1.165, 1.54) is 12.8 Å². The Bertz CT molecular complexity index is 411. The van der Waals surface area contributed by atoms with Gasteiger partial charge in [0, 0.05) is 19.6 Å². The van der Waals surface area contributed by atoms with Gasteiger partial charge in [-0.1, -0.05) is 25.9 Å². The molecule has 114 valence electrons. The Hall–Kier alpha value is -0.940. The quantitative estimate of drug-likeness (QED) is 0.832. The lowest BCUT2D eigenvalue weighted by Gasteiger charge is -2.22. The Kier molecular flexibility index (Phi) is 5.16. The van der Waals surface area contributed by atoms with Crippen LogP contribution in [0.15, 0.2) is 4.52 Å². The fourth-order valence-electron chi connectivity index (χ4n) is 2.98. The molecule has 0 aliphatic heterocycles. The molecule has 0 amide bonds. The van der Waals surface area contributed by atoms with Crippen molar-refractivity contribution in [2.75, 3.05) is 13.7 Å². The highest BCUT2D eigenvalue weighted by Crippen LogP contribution is 2.40. The zero-order valence-electron chi connectivity index (χ0n) is 13.1. The van der Waals surface area contributed by atoms with Gasteiger partial charge >= 0.3 is 0 Å². The lowest BCUT2D eigenvalue weighted by Crippen LogP contribution is -2.35. The fraction of sp³-hybridized carbons (Fsp3) is 0.867. The predicted octanol–water partition coefficient (Wildman–Crippen LogP) is 2.66. The summed E-state index contributed by atoms with van der Waals surface area (Å²) < 4.78 is 11.1. The third-order valence-corrected chi connectivity index (χ3v) is 4.34. The van der Waals surface area contributed by atoms with Gasteiger partial charge in [0.05, 0.1) is 0 Å². The molecule has 5 heteroatoms. The maximum Gasteiger partial charge on any atom is 0.228 e. The monoisotopic (exact) mass is 281 g/mol. The standard InChI is InChI=1S/C15H27N3O2/c1-5-16-12(11(2)3)10-13-17-14(18-20-13)15(19-4)8-6-7-9-15/h11-12,16H,5-10H2,1-4H3. The van der Waals surface area contributed by atoms with Gasteiger partial charge in [0.25, 0.3) is 0 Å². The topological polar surface area (TPSA) is 60.2 Å². The van der Waals surface area contributed by atoms with Crippen LogP contribution < -0.4 is 5.32 Å². The first-order valence-electron chi connectivity index (χ1n) is 7.73. The molecule has 1 fully saturated rings. The lowest BCUT2D eigenvalue weighted by atomic mass is 10.00. The second kappa shape index (κ2) is 6.68. The van der Waals surface area contributed by atoms with E-state index in [-0.39, 0.29) is 5.60 Å². The third kappa shape index (κ3) is 3.20. The largest absolute Gasteiger partial charge is 0.370 e. The molecule has 2 rings (SSSR count). The summed E-state index contributed by atoms with van der Waals surface area (Å²) in [6, 6.07) is 0.371. The fourth-order valence-corrected chi connectivity index (χ4v) is 2.98. The smallest absolute Gasteiger partial charge is 0.228 e. The number of ether oxygens (including phenoxy) is 1. The summed E-state index contributed by atoms with van der Waals surface area (Å²) in [5, 5.41) is 7.65. The van der Waals surface area contributed by atoms with Gasteiger partial charge in [-0.3, -0.25) is 0 Å². The Morgan fingerprint density at radius 2 is 2.05 bits per heavy atom. The maximum absolute atomic E-state index is 5.70. The molecule has 1 aromatic rings. The number of aromatic nitrogens is 2. The van der Waals surface area contributed by atoms with E-state index in [1.807, 2.05) is 0 Å². The highest BCUT2D eigenvalue weighted by molar-refractivity contribution is 5.05. The molecule has 1 saturated carbocycles. The summed E-state index contributed by atoms with van der Waals surface area (Å²) >= 11 is 0. The van der Waals surface area contributed by atoms with Gasteiger partial charge in [0.2, 0.25) is 11.7 Å². The third-order valence-electron chi connectivity index (χ3n) is 4.34. The van der Waals surface area contributed by atoms with Gasteiger partial charge < -0.3 is 14.6 Å². The van der Waals surface area contributed by atoms with Crippen molar-refractivity contribution in [2.45, 2.75) is 64.5 Å². The number of nitrogens with one attached hydrogen (secondary N) is 1. The highest BCUT2D eigenvalue weighted by atomic mass is 16.5. The van der Waals surface area contributed by atoms with Crippen molar-refractivity contribution in [3.05, 3.63) is 11.7 Å². The van der Waals surface area contributed by atoms with E-state index in [0.29, 0.717) is 17.9 Å². The molecule has 1 atom stereocenters. The molecule has 20 heavy (non-hydrogen) atoms. The van der Waals surface area contributed by atoms with Crippen molar-refractivity contribution >= 4 is 0 Å². The van der Waals surface area contributed by atoms with Crippen LogP contribution in [0.4, 0.5) is 0 Å². The average Bonchev–Trinajstić information content (AvgIpc) is 3.07. The molecular formula is C15H27N3O2. The van der Waals surface area contributed by atoms with Crippen molar-refractivity contribution in [3.8, 4) is 0 Å². The molecule has 1 heterocycles. The molecule has 1 aromatic heterocycles. The van der Waals surface area contributed by atoms with Crippen molar-refractivity contribution in [1.82, 2.24) is 15.5 Å². The molecule has 5 nitrogen and oxygen atoms in total. The molecule has 0 spiro atoms. The van der Waals surface area contributed by atoms with Crippen LogP contribution in [0.3, 0.4) is 0 Å².